The Labute approximate surface area is 157 Å². The summed E-state index contributed by atoms with van der Waals surface area (Å²) in [6.07, 6.45) is -0.869. The molecule has 0 aromatic heterocycles. The molecule has 3 atom stereocenters. The second kappa shape index (κ2) is 8.31. The number of amides is 1. The third-order valence-corrected chi connectivity index (χ3v) is 4.81. The van der Waals surface area contributed by atoms with E-state index in [1.807, 2.05) is 30.3 Å². The molecule has 0 saturated carbocycles. The molecule has 1 aliphatic heterocycles. The number of likely N-dealkylation sites (tertiary alicyclic amines) is 1. The molecule has 0 radical (unpaired) electrons. The third kappa shape index (κ3) is 4.17. The first-order valence-corrected chi connectivity index (χ1v) is 8.95. The SMILES string of the molecule is CCOC(=O)[C@@H]1C(=O)N(Cc2ccccc2)C(O)C[C@H]1c1ccc(F)cc1. The molecule has 1 amide bonds. The molecule has 1 unspecified atom stereocenters. The number of halogens is 1. The summed E-state index contributed by atoms with van der Waals surface area (Å²) in [5, 5.41) is 10.6. The first-order chi connectivity index (χ1) is 13.0. The third-order valence-electron chi connectivity index (χ3n) is 4.81. The minimum atomic E-state index is -1.07. The number of rotatable bonds is 5. The van der Waals surface area contributed by atoms with E-state index < -0.39 is 35.8 Å². The predicted octanol–water partition coefficient (Wildman–Crippen LogP) is 2.84. The van der Waals surface area contributed by atoms with Crippen molar-refractivity contribution in [2.24, 2.45) is 5.92 Å². The van der Waals surface area contributed by atoms with E-state index in [1.54, 1.807) is 19.1 Å². The topological polar surface area (TPSA) is 66.8 Å². The van der Waals surface area contributed by atoms with Crippen LogP contribution in [-0.2, 0) is 20.9 Å². The molecule has 0 bridgehead atoms. The van der Waals surface area contributed by atoms with Crippen LogP contribution in [0.5, 0.6) is 0 Å². The Morgan fingerprint density at radius 1 is 1.19 bits per heavy atom. The lowest BCUT2D eigenvalue weighted by molar-refractivity contribution is -0.168. The number of hydrogen-bond acceptors (Lipinski definition) is 4. The van der Waals surface area contributed by atoms with Gasteiger partial charge in [0.1, 0.15) is 18.0 Å². The Morgan fingerprint density at radius 2 is 1.85 bits per heavy atom. The van der Waals surface area contributed by atoms with Crippen LogP contribution in [0.4, 0.5) is 4.39 Å². The average molecular weight is 371 g/mol. The number of ether oxygens (including phenoxy) is 1. The largest absolute Gasteiger partial charge is 0.465 e. The molecule has 6 heteroatoms. The summed E-state index contributed by atoms with van der Waals surface area (Å²) in [4.78, 5) is 26.9. The van der Waals surface area contributed by atoms with Crippen LogP contribution in [-0.4, -0.2) is 34.7 Å². The maximum Gasteiger partial charge on any atom is 0.319 e. The van der Waals surface area contributed by atoms with Gasteiger partial charge in [-0.1, -0.05) is 42.5 Å². The molecule has 27 heavy (non-hydrogen) atoms. The monoisotopic (exact) mass is 371 g/mol. The summed E-state index contributed by atoms with van der Waals surface area (Å²) in [5.41, 5.74) is 1.48. The van der Waals surface area contributed by atoms with E-state index in [0.29, 0.717) is 5.56 Å². The van der Waals surface area contributed by atoms with E-state index >= 15 is 0 Å². The number of aliphatic hydroxyl groups is 1. The minimum absolute atomic E-state index is 0.153. The minimum Gasteiger partial charge on any atom is -0.465 e. The van der Waals surface area contributed by atoms with Crippen molar-refractivity contribution in [3.63, 3.8) is 0 Å². The van der Waals surface area contributed by atoms with Crippen molar-refractivity contribution < 1.29 is 23.8 Å². The summed E-state index contributed by atoms with van der Waals surface area (Å²) in [5.74, 6) is -3.14. The molecular formula is C21H22FNO4. The number of esters is 1. The van der Waals surface area contributed by atoms with Gasteiger partial charge in [-0.3, -0.25) is 9.59 Å². The van der Waals surface area contributed by atoms with Crippen LogP contribution in [0.2, 0.25) is 0 Å². The first-order valence-electron chi connectivity index (χ1n) is 8.95. The van der Waals surface area contributed by atoms with Crippen molar-refractivity contribution in [1.82, 2.24) is 4.90 Å². The fourth-order valence-corrected chi connectivity index (χ4v) is 3.49. The Hall–Kier alpha value is -2.73. The highest BCUT2D eigenvalue weighted by Crippen LogP contribution is 2.37. The van der Waals surface area contributed by atoms with E-state index in [9.17, 15) is 19.1 Å². The van der Waals surface area contributed by atoms with E-state index in [-0.39, 0.29) is 19.6 Å². The van der Waals surface area contributed by atoms with Crippen LogP contribution in [0.1, 0.15) is 30.4 Å². The molecule has 0 spiro atoms. The first kappa shape index (κ1) is 19.0. The number of carbonyl (C=O) groups is 2. The van der Waals surface area contributed by atoms with E-state index in [1.165, 1.54) is 17.0 Å². The van der Waals surface area contributed by atoms with Crippen molar-refractivity contribution in [2.45, 2.75) is 32.0 Å². The summed E-state index contributed by atoms with van der Waals surface area (Å²) in [6.45, 7) is 2.03. The quantitative estimate of drug-likeness (QED) is 0.648. The van der Waals surface area contributed by atoms with Crippen LogP contribution in [0.25, 0.3) is 0 Å². The summed E-state index contributed by atoms with van der Waals surface area (Å²) < 4.78 is 18.4. The molecule has 1 saturated heterocycles. The highest BCUT2D eigenvalue weighted by Gasteiger charge is 2.46. The van der Waals surface area contributed by atoms with E-state index in [4.69, 9.17) is 4.74 Å². The normalized spacial score (nSPS) is 22.6. The van der Waals surface area contributed by atoms with Gasteiger partial charge >= 0.3 is 5.97 Å². The number of carbonyl (C=O) groups excluding carboxylic acids is 2. The second-order valence-corrected chi connectivity index (χ2v) is 6.56. The zero-order valence-electron chi connectivity index (χ0n) is 15.0. The number of aliphatic hydroxyl groups excluding tert-OH is 1. The smallest absolute Gasteiger partial charge is 0.319 e. The van der Waals surface area contributed by atoms with Crippen LogP contribution < -0.4 is 0 Å². The maximum absolute atomic E-state index is 13.3. The Bertz CT molecular complexity index is 794. The standard InChI is InChI=1S/C21H22FNO4/c1-2-27-21(26)19-17(15-8-10-16(22)11-9-15)12-18(24)23(20(19)25)13-14-6-4-3-5-7-14/h3-11,17-19,24H,2,12-13H2,1H3/t17-,18?,19-/m0/s1. The van der Waals surface area contributed by atoms with Crippen molar-refractivity contribution >= 4 is 11.9 Å². The van der Waals surface area contributed by atoms with Gasteiger partial charge in [0.05, 0.1) is 6.61 Å². The number of piperidine rings is 1. The van der Waals surface area contributed by atoms with Crippen molar-refractivity contribution in [3.8, 4) is 0 Å². The van der Waals surface area contributed by atoms with Gasteiger partial charge in [-0.2, -0.15) is 0 Å². The van der Waals surface area contributed by atoms with Gasteiger partial charge in [-0.15, -0.1) is 0 Å². The van der Waals surface area contributed by atoms with Crippen LogP contribution >= 0.6 is 0 Å². The molecule has 2 aromatic rings. The van der Waals surface area contributed by atoms with Crippen LogP contribution in [0.3, 0.4) is 0 Å². The van der Waals surface area contributed by atoms with Gasteiger partial charge in [0.15, 0.2) is 0 Å². The van der Waals surface area contributed by atoms with Crippen LogP contribution in [0, 0.1) is 11.7 Å². The van der Waals surface area contributed by atoms with Crippen molar-refractivity contribution in [2.75, 3.05) is 6.61 Å². The lowest BCUT2D eigenvalue weighted by Crippen LogP contribution is -2.53. The predicted molar refractivity (Wildman–Crippen MR) is 96.9 cm³/mol. The van der Waals surface area contributed by atoms with Gasteiger partial charge in [0, 0.05) is 18.9 Å². The highest BCUT2D eigenvalue weighted by molar-refractivity contribution is 5.99. The zero-order valence-corrected chi connectivity index (χ0v) is 15.0. The molecule has 1 fully saturated rings. The maximum atomic E-state index is 13.3. The van der Waals surface area contributed by atoms with Crippen molar-refractivity contribution in [3.05, 3.63) is 71.5 Å². The fraction of sp³-hybridized carbons (Fsp3) is 0.333. The van der Waals surface area contributed by atoms with E-state index in [0.717, 1.165) is 5.56 Å². The number of benzene rings is 2. The summed E-state index contributed by atoms with van der Waals surface area (Å²) in [6, 6.07) is 14.9. The van der Waals surface area contributed by atoms with Gasteiger partial charge in [0.25, 0.3) is 0 Å². The summed E-state index contributed by atoms with van der Waals surface area (Å²) in [7, 11) is 0. The van der Waals surface area contributed by atoms with Gasteiger partial charge < -0.3 is 14.7 Å². The lowest BCUT2D eigenvalue weighted by Gasteiger charge is -2.40. The molecule has 1 N–H and O–H groups in total. The number of hydrogen-bond donors (Lipinski definition) is 1. The molecule has 1 aliphatic rings. The molecular weight excluding hydrogens is 349 g/mol. The fourth-order valence-electron chi connectivity index (χ4n) is 3.49. The number of nitrogens with zero attached hydrogens (tertiary/aromatic N) is 1. The van der Waals surface area contributed by atoms with Crippen molar-refractivity contribution in [1.29, 1.82) is 0 Å². The molecule has 1 heterocycles. The Morgan fingerprint density at radius 3 is 2.48 bits per heavy atom. The van der Waals surface area contributed by atoms with E-state index in [2.05, 4.69) is 0 Å². The molecule has 142 valence electrons. The Kier molecular flexibility index (Phi) is 5.86. The lowest BCUT2D eigenvalue weighted by atomic mass is 9.79. The van der Waals surface area contributed by atoms with Gasteiger partial charge in [-0.25, -0.2) is 4.39 Å². The van der Waals surface area contributed by atoms with Crippen LogP contribution in [0.15, 0.2) is 54.6 Å². The van der Waals surface area contributed by atoms with Gasteiger partial charge in [0.2, 0.25) is 5.91 Å². The summed E-state index contributed by atoms with van der Waals surface area (Å²) >= 11 is 0. The molecule has 0 aliphatic carbocycles. The van der Waals surface area contributed by atoms with Gasteiger partial charge in [-0.05, 0) is 30.2 Å². The molecule has 2 aromatic carbocycles. The molecule has 5 nitrogen and oxygen atoms in total. The highest BCUT2D eigenvalue weighted by atomic mass is 19.1. The zero-order chi connectivity index (χ0) is 19.4. The second-order valence-electron chi connectivity index (χ2n) is 6.56. The molecule has 3 rings (SSSR count). The average Bonchev–Trinajstić information content (AvgIpc) is 2.66. The Balaban J connectivity index is 1.91.